The molecule has 1 radical (unpaired) electrons. The molecule has 1 aromatic carbocycles. The van der Waals surface area contributed by atoms with Crippen molar-refractivity contribution in [3.8, 4) is 0 Å². The maximum Gasteiger partial charge on any atom is 0.222 e. The molecule has 0 aromatic heterocycles. The van der Waals surface area contributed by atoms with Crippen molar-refractivity contribution in [2.45, 2.75) is 32.4 Å². The first-order valence-electron chi connectivity index (χ1n) is 6.84. The minimum absolute atomic E-state index is 0.289. The Morgan fingerprint density at radius 1 is 1.53 bits per heavy atom. The lowest BCUT2D eigenvalue weighted by Gasteiger charge is -2.35. The van der Waals surface area contributed by atoms with Crippen molar-refractivity contribution in [2.75, 3.05) is 29.9 Å². The first kappa shape index (κ1) is 13.9. The standard InChI is InChI=1S/C15H21N2O2/c1-3-13-10-17(8-9-19-13)15-7-5-4-6-14(15)16-12(2)11-18/h4-7,12-13,16H,3,8-10H2,1-2H3. The van der Waals surface area contributed by atoms with Gasteiger partial charge in [0.2, 0.25) is 6.29 Å². The summed E-state index contributed by atoms with van der Waals surface area (Å²) >= 11 is 0. The number of nitrogens with zero attached hydrogens (tertiary/aromatic N) is 1. The average molecular weight is 261 g/mol. The van der Waals surface area contributed by atoms with Crippen molar-refractivity contribution < 1.29 is 9.53 Å². The van der Waals surface area contributed by atoms with Crippen LogP contribution < -0.4 is 10.2 Å². The predicted octanol–water partition coefficient (Wildman–Crippen LogP) is 2.21. The SMILES string of the molecule is CCC1CN(c2ccccc2NC(C)[C]=O)CCO1. The number of anilines is 2. The quantitative estimate of drug-likeness (QED) is 0.882. The van der Waals surface area contributed by atoms with E-state index in [-0.39, 0.29) is 12.1 Å². The molecule has 1 heterocycles. The van der Waals surface area contributed by atoms with Crippen LogP contribution in [0.25, 0.3) is 0 Å². The zero-order valence-corrected chi connectivity index (χ0v) is 11.6. The fourth-order valence-electron chi connectivity index (χ4n) is 2.32. The molecule has 4 heteroatoms. The monoisotopic (exact) mass is 261 g/mol. The van der Waals surface area contributed by atoms with Crippen LogP contribution in [0.5, 0.6) is 0 Å². The van der Waals surface area contributed by atoms with E-state index in [2.05, 4.69) is 23.2 Å². The van der Waals surface area contributed by atoms with Crippen molar-refractivity contribution in [1.82, 2.24) is 0 Å². The van der Waals surface area contributed by atoms with E-state index in [0.717, 1.165) is 37.5 Å². The molecule has 0 bridgehead atoms. The van der Waals surface area contributed by atoms with Gasteiger partial charge >= 0.3 is 0 Å². The highest BCUT2D eigenvalue weighted by molar-refractivity contribution is 5.74. The Bertz CT molecular complexity index is 422. The third kappa shape index (κ3) is 3.47. The molecule has 1 N–H and O–H groups in total. The van der Waals surface area contributed by atoms with Gasteiger partial charge in [0, 0.05) is 13.1 Å². The highest BCUT2D eigenvalue weighted by atomic mass is 16.5. The van der Waals surface area contributed by atoms with Crippen LogP contribution in [0.1, 0.15) is 20.3 Å². The molecular formula is C15H21N2O2. The molecule has 1 aromatic rings. The van der Waals surface area contributed by atoms with E-state index < -0.39 is 0 Å². The minimum atomic E-state index is -0.302. The lowest BCUT2D eigenvalue weighted by molar-refractivity contribution is 0.0385. The van der Waals surface area contributed by atoms with Gasteiger partial charge in [0.05, 0.1) is 30.1 Å². The second-order valence-electron chi connectivity index (χ2n) is 4.85. The molecule has 1 aliphatic rings. The molecule has 0 aliphatic carbocycles. The van der Waals surface area contributed by atoms with Crippen LogP contribution in [-0.2, 0) is 9.53 Å². The third-order valence-electron chi connectivity index (χ3n) is 3.39. The second kappa shape index (κ2) is 6.57. The van der Waals surface area contributed by atoms with Gasteiger partial charge in [0.15, 0.2) is 0 Å². The molecule has 0 amide bonds. The van der Waals surface area contributed by atoms with Crippen LogP contribution in [0.3, 0.4) is 0 Å². The molecule has 1 fully saturated rings. The van der Waals surface area contributed by atoms with Gasteiger partial charge in [-0.2, -0.15) is 0 Å². The van der Waals surface area contributed by atoms with Crippen LogP contribution in [-0.4, -0.2) is 38.1 Å². The summed E-state index contributed by atoms with van der Waals surface area (Å²) < 4.78 is 5.70. The Kier molecular flexibility index (Phi) is 4.80. The lowest BCUT2D eigenvalue weighted by Crippen LogP contribution is -2.42. The van der Waals surface area contributed by atoms with Gasteiger partial charge in [-0.05, 0) is 25.5 Å². The van der Waals surface area contributed by atoms with Crippen molar-refractivity contribution in [3.63, 3.8) is 0 Å². The van der Waals surface area contributed by atoms with E-state index in [9.17, 15) is 4.79 Å². The summed E-state index contributed by atoms with van der Waals surface area (Å²) in [5.41, 5.74) is 2.11. The van der Waals surface area contributed by atoms with Gasteiger partial charge in [-0.15, -0.1) is 0 Å². The summed E-state index contributed by atoms with van der Waals surface area (Å²) in [6, 6.07) is 7.77. The maximum absolute atomic E-state index is 10.7. The Balaban J connectivity index is 2.16. The Hall–Kier alpha value is -1.55. The Morgan fingerprint density at radius 3 is 3.05 bits per heavy atom. The van der Waals surface area contributed by atoms with Gasteiger partial charge in [-0.3, -0.25) is 4.79 Å². The number of morpholine rings is 1. The second-order valence-corrected chi connectivity index (χ2v) is 4.85. The number of para-hydroxylation sites is 2. The van der Waals surface area contributed by atoms with Gasteiger partial charge in [-0.25, -0.2) is 0 Å². The van der Waals surface area contributed by atoms with Gasteiger partial charge in [0.1, 0.15) is 0 Å². The van der Waals surface area contributed by atoms with Crippen LogP contribution in [0.15, 0.2) is 24.3 Å². The van der Waals surface area contributed by atoms with Crippen molar-refractivity contribution in [3.05, 3.63) is 24.3 Å². The molecule has 0 spiro atoms. The third-order valence-corrected chi connectivity index (χ3v) is 3.39. The number of hydrogen-bond donors (Lipinski definition) is 1. The van der Waals surface area contributed by atoms with Gasteiger partial charge in [-0.1, -0.05) is 19.1 Å². The summed E-state index contributed by atoms with van der Waals surface area (Å²) in [6.45, 7) is 6.48. The van der Waals surface area contributed by atoms with Crippen LogP contribution in [0, 0.1) is 0 Å². The normalized spacial score (nSPS) is 20.9. The Labute approximate surface area is 114 Å². The maximum atomic E-state index is 10.7. The molecule has 4 nitrogen and oxygen atoms in total. The summed E-state index contributed by atoms with van der Waals surface area (Å²) in [4.78, 5) is 13.0. The van der Waals surface area contributed by atoms with Gasteiger partial charge < -0.3 is 15.0 Å². The summed E-state index contributed by atoms with van der Waals surface area (Å²) in [5.74, 6) is 0. The minimum Gasteiger partial charge on any atom is -0.375 e. The van der Waals surface area contributed by atoms with Crippen molar-refractivity contribution in [2.24, 2.45) is 0 Å². The average Bonchev–Trinajstić information content (AvgIpc) is 2.47. The largest absolute Gasteiger partial charge is 0.375 e. The van der Waals surface area contributed by atoms with Crippen LogP contribution >= 0.6 is 0 Å². The van der Waals surface area contributed by atoms with Crippen molar-refractivity contribution in [1.29, 1.82) is 0 Å². The first-order valence-corrected chi connectivity index (χ1v) is 6.84. The fraction of sp³-hybridized carbons (Fsp3) is 0.533. The zero-order valence-electron chi connectivity index (χ0n) is 11.6. The summed E-state index contributed by atoms with van der Waals surface area (Å²) in [5, 5.41) is 3.18. The number of hydrogen-bond acceptors (Lipinski definition) is 4. The number of benzene rings is 1. The number of ether oxygens (including phenoxy) is 1. The van der Waals surface area contributed by atoms with Crippen LogP contribution in [0.2, 0.25) is 0 Å². The van der Waals surface area contributed by atoms with E-state index in [0.29, 0.717) is 0 Å². The van der Waals surface area contributed by atoms with E-state index in [1.165, 1.54) is 0 Å². The summed E-state index contributed by atoms with van der Waals surface area (Å²) in [6.07, 6.45) is 3.27. The molecule has 1 aliphatic heterocycles. The first-order chi connectivity index (χ1) is 9.24. The predicted molar refractivity (Wildman–Crippen MR) is 77.5 cm³/mol. The molecule has 1 saturated heterocycles. The van der Waals surface area contributed by atoms with Crippen LogP contribution in [0.4, 0.5) is 11.4 Å². The molecule has 2 unspecified atom stereocenters. The topological polar surface area (TPSA) is 41.6 Å². The van der Waals surface area contributed by atoms with E-state index in [1.807, 2.05) is 24.5 Å². The summed E-state index contributed by atoms with van der Waals surface area (Å²) in [7, 11) is 0. The number of carbonyl (C=O) groups excluding carboxylic acids is 1. The smallest absolute Gasteiger partial charge is 0.222 e. The molecule has 19 heavy (non-hydrogen) atoms. The zero-order chi connectivity index (χ0) is 13.7. The van der Waals surface area contributed by atoms with Gasteiger partial charge in [0.25, 0.3) is 0 Å². The highest BCUT2D eigenvalue weighted by Crippen LogP contribution is 2.28. The van der Waals surface area contributed by atoms with E-state index >= 15 is 0 Å². The highest BCUT2D eigenvalue weighted by Gasteiger charge is 2.21. The molecule has 2 atom stereocenters. The number of nitrogens with one attached hydrogen (secondary N) is 1. The lowest BCUT2D eigenvalue weighted by atomic mass is 10.1. The van der Waals surface area contributed by atoms with E-state index in [1.54, 1.807) is 6.92 Å². The molecule has 103 valence electrons. The molecule has 0 saturated carbocycles. The Morgan fingerprint density at radius 2 is 2.32 bits per heavy atom. The van der Waals surface area contributed by atoms with E-state index in [4.69, 9.17) is 4.74 Å². The fourth-order valence-corrected chi connectivity index (χ4v) is 2.32. The van der Waals surface area contributed by atoms with Crippen molar-refractivity contribution >= 4 is 17.7 Å². The molecule has 2 rings (SSSR count). The number of rotatable bonds is 5. The molecular weight excluding hydrogens is 240 g/mol.